The SMILES string of the molecule is CN(C)CCCNC(=O)c1csc(C#CCN)c1. The topological polar surface area (TPSA) is 58.4 Å². The molecular weight excluding hydrogens is 246 g/mol. The minimum Gasteiger partial charge on any atom is -0.352 e. The summed E-state index contributed by atoms with van der Waals surface area (Å²) in [6, 6.07) is 1.80. The lowest BCUT2D eigenvalue weighted by molar-refractivity contribution is 0.0953. The summed E-state index contributed by atoms with van der Waals surface area (Å²) >= 11 is 1.46. The second kappa shape index (κ2) is 7.88. The largest absolute Gasteiger partial charge is 0.352 e. The maximum atomic E-state index is 11.8. The van der Waals surface area contributed by atoms with E-state index in [0.717, 1.165) is 17.8 Å². The number of rotatable bonds is 5. The van der Waals surface area contributed by atoms with Gasteiger partial charge in [-0.05, 0) is 33.1 Å². The normalized spacial score (nSPS) is 10.0. The Bertz CT molecular complexity index is 443. The highest BCUT2D eigenvalue weighted by Gasteiger charge is 2.06. The van der Waals surface area contributed by atoms with Crippen LogP contribution >= 0.6 is 11.3 Å². The lowest BCUT2D eigenvalue weighted by Gasteiger charge is -2.09. The molecule has 1 rings (SSSR count). The van der Waals surface area contributed by atoms with E-state index in [1.54, 1.807) is 6.07 Å². The fourth-order valence-corrected chi connectivity index (χ4v) is 2.11. The third-order valence-electron chi connectivity index (χ3n) is 2.24. The summed E-state index contributed by atoms with van der Waals surface area (Å²) in [4.78, 5) is 14.8. The van der Waals surface area contributed by atoms with E-state index in [2.05, 4.69) is 22.1 Å². The van der Waals surface area contributed by atoms with Crippen LogP contribution in [0.5, 0.6) is 0 Å². The molecule has 3 N–H and O–H groups in total. The molecule has 0 radical (unpaired) electrons. The lowest BCUT2D eigenvalue weighted by atomic mass is 10.3. The van der Waals surface area contributed by atoms with Gasteiger partial charge in [-0.3, -0.25) is 4.79 Å². The molecule has 0 aliphatic carbocycles. The van der Waals surface area contributed by atoms with E-state index in [-0.39, 0.29) is 5.91 Å². The number of nitrogens with zero attached hydrogens (tertiary/aromatic N) is 1. The Morgan fingerprint density at radius 3 is 3.00 bits per heavy atom. The Kier molecular flexibility index (Phi) is 6.44. The third-order valence-corrected chi connectivity index (χ3v) is 3.09. The van der Waals surface area contributed by atoms with Crippen molar-refractivity contribution in [2.45, 2.75) is 6.42 Å². The fourth-order valence-electron chi connectivity index (χ4n) is 1.36. The van der Waals surface area contributed by atoms with Crippen LogP contribution in [0.2, 0.25) is 0 Å². The van der Waals surface area contributed by atoms with Crippen molar-refractivity contribution in [1.29, 1.82) is 0 Å². The molecule has 5 heteroatoms. The number of nitrogens with one attached hydrogen (secondary N) is 1. The highest BCUT2D eigenvalue weighted by Crippen LogP contribution is 2.13. The van der Waals surface area contributed by atoms with Crippen molar-refractivity contribution in [1.82, 2.24) is 10.2 Å². The zero-order valence-corrected chi connectivity index (χ0v) is 11.6. The molecule has 4 nitrogen and oxygen atoms in total. The van der Waals surface area contributed by atoms with Crippen LogP contribution in [0.1, 0.15) is 21.7 Å². The molecule has 18 heavy (non-hydrogen) atoms. The third kappa shape index (κ3) is 5.32. The maximum absolute atomic E-state index is 11.8. The smallest absolute Gasteiger partial charge is 0.252 e. The van der Waals surface area contributed by atoms with Crippen molar-refractivity contribution in [2.75, 3.05) is 33.7 Å². The van der Waals surface area contributed by atoms with Crippen molar-refractivity contribution in [3.8, 4) is 11.8 Å². The first-order chi connectivity index (χ1) is 8.63. The Hall–Kier alpha value is -1.35. The van der Waals surface area contributed by atoms with Gasteiger partial charge in [-0.25, -0.2) is 0 Å². The van der Waals surface area contributed by atoms with E-state index in [0.29, 0.717) is 18.7 Å². The summed E-state index contributed by atoms with van der Waals surface area (Å²) in [6.07, 6.45) is 0.947. The summed E-state index contributed by atoms with van der Waals surface area (Å²) in [5.41, 5.74) is 5.97. The van der Waals surface area contributed by atoms with Crippen LogP contribution < -0.4 is 11.1 Å². The van der Waals surface area contributed by atoms with Gasteiger partial charge < -0.3 is 16.0 Å². The molecule has 0 saturated heterocycles. The molecule has 98 valence electrons. The number of hydrogen-bond acceptors (Lipinski definition) is 4. The van der Waals surface area contributed by atoms with Crippen molar-refractivity contribution in [2.24, 2.45) is 5.73 Å². The summed E-state index contributed by atoms with van der Waals surface area (Å²) in [7, 11) is 4.03. The Labute approximate surface area is 112 Å². The van der Waals surface area contributed by atoms with Gasteiger partial charge in [0.25, 0.3) is 5.91 Å². The molecule has 1 heterocycles. The minimum absolute atomic E-state index is 0.0363. The van der Waals surface area contributed by atoms with Crippen molar-refractivity contribution >= 4 is 17.2 Å². The predicted octanol–water partition coefficient (Wildman–Crippen LogP) is 0.740. The molecule has 1 aromatic heterocycles. The number of carbonyl (C=O) groups is 1. The van der Waals surface area contributed by atoms with Gasteiger partial charge in [0.2, 0.25) is 0 Å². The molecule has 0 atom stereocenters. The lowest BCUT2D eigenvalue weighted by Crippen LogP contribution is -2.26. The molecule has 0 bridgehead atoms. The van der Waals surface area contributed by atoms with Gasteiger partial charge in [0.1, 0.15) is 0 Å². The molecule has 0 spiro atoms. The maximum Gasteiger partial charge on any atom is 0.252 e. The quantitative estimate of drug-likeness (QED) is 0.610. The molecule has 0 unspecified atom stereocenters. The highest BCUT2D eigenvalue weighted by molar-refractivity contribution is 7.10. The van der Waals surface area contributed by atoms with Gasteiger partial charge in [0.05, 0.1) is 17.0 Å². The molecule has 0 aliphatic heterocycles. The van der Waals surface area contributed by atoms with Crippen LogP contribution in [0.25, 0.3) is 0 Å². The summed E-state index contributed by atoms with van der Waals surface area (Å²) < 4.78 is 0. The Morgan fingerprint density at radius 2 is 2.33 bits per heavy atom. The van der Waals surface area contributed by atoms with E-state index >= 15 is 0 Å². The van der Waals surface area contributed by atoms with Gasteiger partial charge >= 0.3 is 0 Å². The highest BCUT2D eigenvalue weighted by atomic mass is 32.1. The van der Waals surface area contributed by atoms with Crippen LogP contribution in [0.3, 0.4) is 0 Å². The molecule has 1 amide bonds. The van der Waals surface area contributed by atoms with Crippen molar-refractivity contribution < 1.29 is 4.79 Å². The van der Waals surface area contributed by atoms with Gasteiger partial charge in [0, 0.05) is 11.9 Å². The molecule has 0 saturated carbocycles. The van der Waals surface area contributed by atoms with E-state index in [4.69, 9.17) is 5.73 Å². The molecular formula is C13H19N3OS. The van der Waals surface area contributed by atoms with Gasteiger partial charge in [-0.15, -0.1) is 11.3 Å². The zero-order valence-electron chi connectivity index (χ0n) is 10.8. The number of carbonyl (C=O) groups excluding carboxylic acids is 1. The van der Waals surface area contributed by atoms with Crippen LogP contribution in [0.15, 0.2) is 11.4 Å². The zero-order chi connectivity index (χ0) is 13.4. The number of hydrogen-bond donors (Lipinski definition) is 2. The summed E-state index contributed by atoms with van der Waals surface area (Å²) in [5, 5.41) is 4.71. The first-order valence-electron chi connectivity index (χ1n) is 5.84. The minimum atomic E-state index is -0.0363. The van der Waals surface area contributed by atoms with Crippen LogP contribution in [-0.4, -0.2) is 44.5 Å². The number of amides is 1. The van der Waals surface area contributed by atoms with E-state index < -0.39 is 0 Å². The first kappa shape index (κ1) is 14.7. The van der Waals surface area contributed by atoms with E-state index in [1.807, 2.05) is 19.5 Å². The Morgan fingerprint density at radius 1 is 1.56 bits per heavy atom. The molecule has 1 aromatic rings. The fraction of sp³-hybridized carbons (Fsp3) is 0.462. The van der Waals surface area contributed by atoms with Gasteiger partial charge in [-0.1, -0.05) is 11.8 Å². The van der Waals surface area contributed by atoms with Gasteiger partial charge in [0.15, 0.2) is 0 Å². The molecule has 0 aliphatic rings. The van der Waals surface area contributed by atoms with Crippen LogP contribution in [0.4, 0.5) is 0 Å². The average molecular weight is 265 g/mol. The number of thiophene rings is 1. The molecule has 0 aromatic carbocycles. The number of nitrogens with two attached hydrogens (primary N) is 1. The summed E-state index contributed by atoms with van der Waals surface area (Å²) in [5.74, 6) is 5.65. The van der Waals surface area contributed by atoms with Crippen molar-refractivity contribution in [3.05, 3.63) is 21.9 Å². The van der Waals surface area contributed by atoms with Crippen LogP contribution in [-0.2, 0) is 0 Å². The second-order valence-corrected chi connectivity index (χ2v) is 5.03. The summed E-state index contributed by atoms with van der Waals surface area (Å²) in [6.45, 7) is 2.00. The second-order valence-electron chi connectivity index (χ2n) is 4.12. The first-order valence-corrected chi connectivity index (χ1v) is 6.72. The Balaban J connectivity index is 2.40. The van der Waals surface area contributed by atoms with Crippen LogP contribution in [0, 0.1) is 11.8 Å². The monoisotopic (exact) mass is 265 g/mol. The predicted molar refractivity (Wildman–Crippen MR) is 75.8 cm³/mol. The van der Waals surface area contributed by atoms with Crippen molar-refractivity contribution in [3.63, 3.8) is 0 Å². The standard InChI is InChI=1S/C13H19N3OS/c1-16(2)8-4-7-15-13(17)11-9-12(18-10-11)5-3-6-14/h9-10H,4,6-8,14H2,1-2H3,(H,15,17). The van der Waals surface area contributed by atoms with E-state index in [1.165, 1.54) is 11.3 Å². The average Bonchev–Trinajstić information content (AvgIpc) is 2.80. The van der Waals surface area contributed by atoms with E-state index in [9.17, 15) is 4.79 Å². The molecule has 0 fully saturated rings. The van der Waals surface area contributed by atoms with Gasteiger partial charge in [-0.2, -0.15) is 0 Å².